The molecule has 0 aliphatic rings. The number of aryl methyl sites for hydroxylation is 1. The number of benzene rings is 2. The fraction of sp³-hybridized carbons (Fsp3) is 0.333. The van der Waals surface area contributed by atoms with Crippen LogP contribution in [0.4, 0.5) is 0 Å². The molecule has 6 heteroatoms. The summed E-state index contributed by atoms with van der Waals surface area (Å²) in [5.74, 6) is -0.132. The first-order chi connectivity index (χ1) is 11.4. The summed E-state index contributed by atoms with van der Waals surface area (Å²) in [4.78, 5) is -0.455. The Hall–Kier alpha value is -2.05. The van der Waals surface area contributed by atoms with E-state index in [0.29, 0.717) is 5.75 Å². The maximum Gasteiger partial charge on any atom is 0.298 e. The molecule has 0 aliphatic carbocycles. The molecule has 5 nitrogen and oxygen atoms in total. The molecule has 0 amide bonds. The van der Waals surface area contributed by atoms with E-state index in [9.17, 15) is 18.1 Å². The Morgan fingerprint density at radius 1 is 1.00 bits per heavy atom. The molecule has 2 N–H and O–H groups in total. The second-order valence-electron chi connectivity index (χ2n) is 5.60. The van der Waals surface area contributed by atoms with Crippen molar-refractivity contribution in [1.82, 2.24) is 0 Å². The van der Waals surface area contributed by atoms with Crippen molar-refractivity contribution in [2.75, 3.05) is 0 Å². The normalized spacial score (nSPS) is 11.4. The lowest BCUT2D eigenvalue weighted by Gasteiger charge is -2.14. The number of hydrogen-bond donors (Lipinski definition) is 2. The molecule has 0 heterocycles. The Bertz CT molecular complexity index is 784. The van der Waals surface area contributed by atoms with Crippen LogP contribution in [0, 0.1) is 0 Å². The van der Waals surface area contributed by atoms with E-state index in [1.165, 1.54) is 18.2 Å². The van der Waals surface area contributed by atoms with E-state index >= 15 is 0 Å². The number of rotatable bonds is 8. The van der Waals surface area contributed by atoms with Crippen LogP contribution in [0.2, 0.25) is 0 Å². The zero-order chi connectivity index (χ0) is 17.6. The fourth-order valence-electron chi connectivity index (χ4n) is 2.47. The zero-order valence-corrected chi connectivity index (χ0v) is 14.4. The Labute approximate surface area is 142 Å². The van der Waals surface area contributed by atoms with Gasteiger partial charge in [-0.2, -0.15) is 8.42 Å². The van der Waals surface area contributed by atoms with Crippen LogP contribution < -0.4 is 4.74 Å². The molecule has 0 aromatic heterocycles. The molecule has 24 heavy (non-hydrogen) atoms. The van der Waals surface area contributed by atoms with E-state index in [-0.39, 0.29) is 11.5 Å². The van der Waals surface area contributed by atoms with Crippen LogP contribution in [0.25, 0.3) is 0 Å². The molecule has 0 bridgehead atoms. The van der Waals surface area contributed by atoms with Crippen LogP contribution in [0.1, 0.15) is 38.2 Å². The number of phenolic OH excluding ortho intramolecular Hbond substituents is 1. The Balaban J connectivity index is 2.29. The van der Waals surface area contributed by atoms with Gasteiger partial charge in [0.1, 0.15) is 10.6 Å². The van der Waals surface area contributed by atoms with Crippen LogP contribution in [0.5, 0.6) is 17.2 Å². The molecule has 2 aromatic rings. The van der Waals surface area contributed by atoms with Gasteiger partial charge in [0.15, 0.2) is 11.5 Å². The van der Waals surface area contributed by atoms with Crippen molar-refractivity contribution in [2.24, 2.45) is 0 Å². The van der Waals surface area contributed by atoms with Gasteiger partial charge < -0.3 is 9.84 Å². The monoisotopic (exact) mass is 350 g/mol. The van der Waals surface area contributed by atoms with Crippen molar-refractivity contribution >= 4 is 10.1 Å². The molecule has 0 spiro atoms. The summed E-state index contributed by atoms with van der Waals surface area (Å²) in [5.41, 5.74) is 0.929. The minimum absolute atomic E-state index is 0.263. The Morgan fingerprint density at radius 3 is 2.46 bits per heavy atom. The van der Waals surface area contributed by atoms with Gasteiger partial charge in [-0.25, -0.2) is 0 Å². The highest BCUT2D eigenvalue weighted by atomic mass is 32.2. The van der Waals surface area contributed by atoms with Crippen molar-refractivity contribution in [3.63, 3.8) is 0 Å². The average Bonchev–Trinajstić information content (AvgIpc) is 2.54. The number of hydrogen-bond acceptors (Lipinski definition) is 4. The molecule has 2 rings (SSSR count). The highest BCUT2D eigenvalue weighted by molar-refractivity contribution is 7.86. The lowest BCUT2D eigenvalue weighted by atomic mass is 10.1. The molecule has 0 fully saturated rings. The van der Waals surface area contributed by atoms with Gasteiger partial charge >= 0.3 is 0 Å². The lowest BCUT2D eigenvalue weighted by molar-refractivity contribution is 0.394. The average molecular weight is 350 g/mol. The zero-order valence-electron chi connectivity index (χ0n) is 13.6. The highest BCUT2D eigenvalue weighted by Crippen LogP contribution is 2.38. The van der Waals surface area contributed by atoms with Gasteiger partial charge in [-0.1, -0.05) is 50.5 Å². The van der Waals surface area contributed by atoms with Crippen molar-refractivity contribution in [3.05, 3.63) is 48.0 Å². The summed E-state index contributed by atoms with van der Waals surface area (Å²) >= 11 is 0. The molecular weight excluding hydrogens is 328 g/mol. The van der Waals surface area contributed by atoms with Gasteiger partial charge in [0, 0.05) is 0 Å². The van der Waals surface area contributed by atoms with Crippen LogP contribution in [0.15, 0.2) is 47.4 Å². The fourth-order valence-corrected chi connectivity index (χ4v) is 3.10. The predicted molar refractivity (Wildman–Crippen MR) is 92.3 cm³/mol. The SMILES string of the molecule is CCCCCCc1ccccc1Oc1c(O)cccc1S(=O)(=O)O. The summed E-state index contributed by atoms with van der Waals surface area (Å²) in [5, 5.41) is 9.95. The molecule has 2 aromatic carbocycles. The molecule has 0 atom stereocenters. The summed E-state index contributed by atoms with van der Waals surface area (Å²) < 4.78 is 38.0. The van der Waals surface area contributed by atoms with E-state index in [1.807, 2.05) is 12.1 Å². The van der Waals surface area contributed by atoms with Gasteiger partial charge in [-0.15, -0.1) is 0 Å². The van der Waals surface area contributed by atoms with Crippen molar-refractivity contribution in [3.8, 4) is 17.2 Å². The van der Waals surface area contributed by atoms with E-state index < -0.39 is 15.0 Å². The molecule has 0 saturated carbocycles. The van der Waals surface area contributed by atoms with Gasteiger partial charge in [0.2, 0.25) is 0 Å². The van der Waals surface area contributed by atoms with E-state index in [4.69, 9.17) is 4.74 Å². The maximum atomic E-state index is 11.5. The van der Waals surface area contributed by atoms with Crippen LogP contribution in [-0.2, 0) is 16.5 Å². The molecule has 0 unspecified atom stereocenters. The highest BCUT2D eigenvalue weighted by Gasteiger charge is 2.21. The standard InChI is InChI=1S/C18H22O5S/c1-2-3-4-5-9-14-10-6-7-12-16(14)23-18-15(19)11-8-13-17(18)24(20,21)22/h6-8,10-13,19H,2-5,9H2,1H3,(H,20,21,22). The summed E-state index contributed by atoms with van der Waals surface area (Å²) in [6.45, 7) is 2.14. The number of ether oxygens (including phenoxy) is 1. The number of phenols is 1. The summed E-state index contributed by atoms with van der Waals surface area (Å²) in [7, 11) is -4.50. The smallest absolute Gasteiger partial charge is 0.298 e. The van der Waals surface area contributed by atoms with Crippen molar-refractivity contribution in [1.29, 1.82) is 0 Å². The third-order valence-electron chi connectivity index (χ3n) is 3.72. The molecule has 0 aliphatic heterocycles. The molecular formula is C18H22O5S. The Morgan fingerprint density at radius 2 is 1.75 bits per heavy atom. The van der Waals surface area contributed by atoms with Gasteiger partial charge in [-0.3, -0.25) is 4.55 Å². The van der Waals surface area contributed by atoms with Crippen LogP contribution in [0.3, 0.4) is 0 Å². The largest absolute Gasteiger partial charge is 0.504 e. The Kier molecular flexibility index (Phi) is 6.23. The number of unbranched alkanes of at least 4 members (excludes halogenated alkanes) is 3. The van der Waals surface area contributed by atoms with Crippen molar-refractivity contribution < 1.29 is 22.8 Å². The predicted octanol–water partition coefficient (Wildman–Crippen LogP) is 4.55. The van der Waals surface area contributed by atoms with E-state index in [0.717, 1.165) is 37.7 Å². The minimum Gasteiger partial charge on any atom is -0.504 e. The molecule has 0 saturated heterocycles. The second-order valence-corrected chi connectivity index (χ2v) is 6.99. The summed E-state index contributed by atoms with van der Waals surface area (Å²) in [6.07, 6.45) is 5.21. The molecule has 130 valence electrons. The number of para-hydroxylation sites is 2. The third kappa shape index (κ3) is 4.72. The van der Waals surface area contributed by atoms with Gasteiger partial charge in [0.25, 0.3) is 10.1 Å². The summed E-state index contributed by atoms with van der Waals surface area (Å²) in [6, 6.07) is 11.1. The quantitative estimate of drug-likeness (QED) is 0.539. The molecule has 0 radical (unpaired) electrons. The van der Waals surface area contributed by atoms with Crippen LogP contribution in [-0.4, -0.2) is 18.1 Å². The first kappa shape index (κ1) is 18.3. The lowest BCUT2D eigenvalue weighted by Crippen LogP contribution is -2.02. The van der Waals surface area contributed by atoms with Gasteiger partial charge in [0.05, 0.1) is 0 Å². The van der Waals surface area contributed by atoms with E-state index in [2.05, 4.69) is 6.92 Å². The van der Waals surface area contributed by atoms with E-state index in [1.54, 1.807) is 12.1 Å². The first-order valence-electron chi connectivity index (χ1n) is 7.98. The minimum atomic E-state index is -4.50. The second kappa shape index (κ2) is 8.17. The first-order valence-corrected chi connectivity index (χ1v) is 9.42. The topological polar surface area (TPSA) is 83.8 Å². The van der Waals surface area contributed by atoms with Crippen molar-refractivity contribution in [2.45, 2.75) is 43.9 Å². The van der Waals surface area contributed by atoms with Crippen LogP contribution >= 0.6 is 0 Å². The van der Waals surface area contributed by atoms with Gasteiger partial charge in [-0.05, 0) is 36.6 Å². The number of aromatic hydroxyl groups is 1. The maximum absolute atomic E-state index is 11.5. The third-order valence-corrected chi connectivity index (χ3v) is 4.60.